The van der Waals surface area contributed by atoms with Gasteiger partial charge in [-0.2, -0.15) is 10.5 Å². The predicted molar refractivity (Wildman–Crippen MR) is 163 cm³/mol. The summed E-state index contributed by atoms with van der Waals surface area (Å²) in [7, 11) is 0. The van der Waals surface area contributed by atoms with Gasteiger partial charge in [-0.1, -0.05) is 27.7 Å². The molecule has 0 bridgehead atoms. The van der Waals surface area contributed by atoms with Gasteiger partial charge in [0, 0.05) is 45.4 Å². The molecule has 0 amide bonds. The van der Waals surface area contributed by atoms with Crippen LogP contribution in [0.5, 0.6) is 0 Å². The number of rotatable bonds is 9. The molecule has 0 aromatic carbocycles. The molecule has 0 unspecified atom stereocenters. The Kier molecular flexibility index (Phi) is 8.57. The molecule has 4 nitrogen and oxygen atoms in total. The number of thiophene rings is 2. The van der Waals surface area contributed by atoms with Crippen molar-refractivity contribution in [2.75, 3.05) is 0 Å². The molecule has 0 saturated carbocycles. The summed E-state index contributed by atoms with van der Waals surface area (Å²) < 4.78 is 4.66. The average molecular weight is 539 g/mol. The van der Waals surface area contributed by atoms with Crippen molar-refractivity contribution in [3.05, 3.63) is 71.1 Å². The van der Waals surface area contributed by atoms with Crippen molar-refractivity contribution in [1.82, 2.24) is 9.13 Å². The molecule has 38 heavy (non-hydrogen) atoms. The molecule has 4 aromatic rings. The van der Waals surface area contributed by atoms with E-state index in [9.17, 15) is 10.5 Å². The van der Waals surface area contributed by atoms with E-state index in [1.165, 1.54) is 30.9 Å². The molecule has 0 atom stereocenters. The highest BCUT2D eigenvalue weighted by Crippen LogP contribution is 2.41. The van der Waals surface area contributed by atoms with Crippen LogP contribution in [-0.4, -0.2) is 9.13 Å². The van der Waals surface area contributed by atoms with E-state index in [0.717, 1.165) is 24.5 Å². The topological polar surface area (TPSA) is 57.4 Å². The third-order valence-electron chi connectivity index (χ3n) is 6.17. The predicted octanol–water partition coefficient (Wildman–Crippen LogP) is 9.58. The Hall–Kier alpha value is -3.58. The quantitative estimate of drug-likeness (QED) is 0.199. The van der Waals surface area contributed by atoms with Gasteiger partial charge in [0.2, 0.25) is 0 Å². The summed E-state index contributed by atoms with van der Waals surface area (Å²) in [6.07, 6.45) is 3.94. The summed E-state index contributed by atoms with van der Waals surface area (Å²) >= 11 is 3.62. The van der Waals surface area contributed by atoms with E-state index in [4.69, 9.17) is 0 Å². The Balaban J connectivity index is 1.68. The minimum Gasteiger partial charge on any atom is -0.340 e. The Morgan fingerprint density at radius 3 is 1.37 bits per heavy atom. The van der Waals surface area contributed by atoms with Crippen molar-refractivity contribution < 1.29 is 0 Å². The minimum atomic E-state index is 0.494. The highest BCUT2D eigenvalue weighted by molar-refractivity contribution is 7.25. The molecular formula is C32H34N4S2. The lowest BCUT2D eigenvalue weighted by Gasteiger charge is -2.14. The van der Waals surface area contributed by atoms with Crippen LogP contribution in [0.2, 0.25) is 0 Å². The number of allylic oxidation sites excluding steroid dienone is 2. The zero-order valence-corrected chi connectivity index (χ0v) is 24.6. The fourth-order valence-corrected chi connectivity index (χ4v) is 6.68. The first-order chi connectivity index (χ1) is 18.2. The van der Waals surface area contributed by atoms with Crippen LogP contribution in [0.15, 0.2) is 59.7 Å². The minimum absolute atomic E-state index is 0.494. The second kappa shape index (κ2) is 11.9. The van der Waals surface area contributed by atoms with Gasteiger partial charge in [0.1, 0.15) is 0 Å². The number of nitrogens with zero attached hydrogens (tertiary/aromatic N) is 4. The summed E-state index contributed by atoms with van der Waals surface area (Å²) in [5.74, 6) is 0.988. The molecule has 0 fully saturated rings. The van der Waals surface area contributed by atoms with Crippen LogP contribution >= 0.6 is 22.7 Å². The highest BCUT2D eigenvalue weighted by Gasteiger charge is 2.16. The molecule has 4 rings (SSSR count). The van der Waals surface area contributed by atoms with E-state index >= 15 is 0 Å². The maximum absolute atomic E-state index is 9.28. The van der Waals surface area contributed by atoms with Gasteiger partial charge in [-0.25, -0.2) is 0 Å². The Labute approximate surface area is 234 Å². The van der Waals surface area contributed by atoms with Crippen molar-refractivity contribution in [3.63, 3.8) is 0 Å². The van der Waals surface area contributed by atoms with Crippen molar-refractivity contribution in [3.8, 4) is 43.0 Å². The smallest absolute Gasteiger partial charge is 0.0944 e. The first-order valence-corrected chi connectivity index (χ1v) is 14.6. The Morgan fingerprint density at radius 2 is 1.03 bits per heavy atom. The van der Waals surface area contributed by atoms with Crippen molar-refractivity contribution >= 4 is 34.8 Å². The fourth-order valence-electron chi connectivity index (χ4n) is 4.51. The molecule has 0 N–H and O–H groups in total. The van der Waals surface area contributed by atoms with Gasteiger partial charge < -0.3 is 9.13 Å². The zero-order valence-electron chi connectivity index (χ0n) is 22.9. The molecule has 0 aliphatic carbocycles. The Morgan fingerprint density at radius 1 is 0.658 bits per heavy atom. The van der Waals surface area contributed by atoms with E-state index in [-0.39, 0.29) is 0 Å². The monoisotopic (exact) mass is 538 g/mol. The first kappa shape index (κ1) is 27.5. The van der Waals surface area contributed by atoms with Gasteiger partial charge in [0.25, 0.3) is 0 Å². The zero-order chi connectivity index (χ0) is 27.4. The molecule has 4 aromatic heterocycles. The lowest BCUT2D eigenvalue weighted by Crippen LogP contribution is -2.07. The lowest BCUT2D eigenvalue weighted by molar-refractivity contribution is 0.526. The normalized spacial score (nSPS) is 12.4. The highest BCUT2D eigenvalue weighted by atomic mass is 32.1. The standard InChI is InChI=1S/C32H34N4S2/c1-21(2)19-35-25(15-23(5)17-33)7-9-27(35)29-11-13-31(37-29)32-14-12-30(38-32)28-10-8-26(16-24(6)18-34)36(28)20-22(3)4/h7-16,21-22H,19-20H2,1-6H3/b23-15-,24-16-. The molecule has 4 heterocycles. The van der Waals surface area contributed by atoms with Crippen molar-refractivity contribution in [1.29, 1.82) is 10.5 Å². The van der Waals surface area contributed by atoms with Crippen LogP contribution < -0.4 is 0 Å². The van der Waals surface area contributed by atoms with Crippen LogP contribution in [0.1, 0.15) is 52.9 Å². The van der Waals surface area contributed by atoms with Gasteiger partial charge in [0.15, 0.2) is 0 Å². The number of hydrogen-bond donors (Lipinski definition) is 0. The maximum Gasteiger partial charge on any atom is 0.0944 e. The van der Waals surface area contributed by atoms with E-state index in [1.807, 2.05) is 48.7 Å². The summed E-state index contributed by atoms with van der Waals surface area (Å²) in [5.41, 5.74) is 5.95. The van der Waals surface area contributed by atoms with Gasteiger partial charge in [-0.3, -0.25) is 0 Å². The summed E-state index contributed by atoms with van der Waals surface area (Å²) in [6.45, 7) is 14.4. The third kappa shape index (κ3) is 6.10. The first-order valence-electron chi connectivity index (χ1n) is 13.0. The van der Waals surface area contributed by atoms with E-state index < -0.39 is 0 Å². The van der Waals surface area contributed by atoms with Gasteiger partial charge in [-0.05, 0) is 86.4 Å². The van der Waals surface area contributed by atoms with E-state index in [2.05, 4.69) is 97.5 Å². The molecular weight excluding hydrogens is 505 g/mol. The second-order valence-electron chi connectivity index (χ2n) is 10.5. The van der Waals surface area contributed by atoms with Crippen LogP contribution in [0.25, 0.3) is 43.0 Å². The maximum atomic E-state index is 9.28. The molecule has 0 spiro atoms. The SMILES string of the molecule is C/C(C#N)=C/c1ccc(-c2ccc(-c3ccc(-c4ccc(/C=C(/C)C#N)n4CC(C)C)s3)s2)n1CC(C)C. The third-order valence-corrected chi connectivity index (χ3v) is 8.58. The van der Waals surface area contributed by atoms with E-state index in [0.29, 0.717) is 23.0 Å². The van der Waals surface area contributed by atoms with Crippen LogP contribution in [-0.2, 0) is 13.1 Å². The number of hydrogen-bond acceptors (Lipinski definition) is 4. The summed E-state index contributed by atoms with van der Waals surface area (Å²) in [4.78, 5) is 4.96. The molecule has 0 saturated heterocycles. The van der Waals surface area contributed by atoms with Crippen molar-refractivity contribution in [2.45, 2.75) is 54.6 Å². The second-order valence-corrected chi connectivity index (χ2v) is 12.7. The molecule has 194 valence electrons. The van der Waals surface area contributed by atoms with Crippen LogP contribution in [0.3, 0.4) is 0 Å². The van der Waals surface area contributed by atoms with Crippen molar-refractivity contribution in [2.24, 2.45) is 11.8 Å². The van der Waals surface area contributed by atoms with Crippen LogP contribution in [0.4, 0.5) is 0 Å². The molecule has 0 aliphatic heterocycles. The van der Waals surface area contributed by atoms with Gasteiger partial charge >= 0.3 is 0 Å². The summed E-state index contributed by atoms with van der Waals surface area (Å²) in [6, 6.07) is 21.9. The molecule has 0 aliphatic rings. The summed E-state index contributed by atoms with van der Waals surface area (Å²) in [5, 5.41) is 18.6. The molecule has 6 heteroatoms. The Bertz CT molecular complexity index is 1450. The molecule has 0 radical (unpaired) electrons. The van der Waals surface area contributed by atoms with E-state index in [1.54, 1.807) is 0 Å². The largest absolute Gasteiger partial charge is 0.340 e. The van der Waals surface area contributed by atoms with Gasteiger partial charge in [-0.15, -0.1) is 22.7 Å². The average Bonchev–Trinajstić information content (AvgIpc) is 3.66. The number of aromatic nitrogens is 2. The van der Waals surface area contributed by atoms with Crippen LogP contribution in [0, 0.1) is 34.5 Å². The van der Waals surface area contributed by atoms with Gasteiger partial charge in [0.05, 0.1) is 33.3 Å². The fraction of sp³-hybridized carbons (Fsp3) is 0.312. The number of nitriles is 2. The lowest BCUT2D eigenvalue weighted by atomic mass is 10.2.